The third kappa shape index (κ3) is 4.04. The fraction of sp³-hybridized carbons (Fsp3) is 0.400. The molecule has 0 aromatic rings. The van der Waals surface area contributed by atoms with Gasteiger partial charge in [0.1, 0.15) is 0 Å². The van der Waals surface area contributed by atoms with Crippen molar-refractivity contribution in [2.75, 3.05) is 7.05 Å². The summed E-state index contributed by atoms with van der Waals surface area (Å²) < 4.78 is 0. The zero-order valence-corrected chi connectivity index (χ0v) is 7.66. The minimum absolute atomic E-state index is 0. The summed E-state index contributed by atoms with van der Waals surface area (Å²) in [5.74, 6) is -0.0463. The van der Waals surface area contributed by atoms with Gasteiger partial charge in [-0.3, -0.25) is 0 Å². The molecule has 0 saturated carbocycles. The van der Waals surface area contributed by atoms with Crippen molar-refractivity contribution in [2.24, 2.45) is 0 Å². The topological polar surface area (TPSA) is 20.3 Å². The summed E-state index contributed by atoms with van der Waals surface area (Å²) in [7, 11) is 1.61. The minimum atomic E-state index is -0.0463. The third-order valence-corrected chi connectivity index (χ3v) is 0.710. The molecule has 1 amide bonds. The Kier molecular flexibility index (Phi) is 6.76. The van der Waals surface area contributed by atoms with Gasteiger partial charge in [0.2, 0.25) is 0 Å². The molecule has 0 aromatic carbocycles. The Bertz CT molecular complexity index is 92.4. The molecule has 0 aliphatic carbocycles. The van der Waals surface area contributed by atoms with Crippen LogP contribution in [0.15, 0.2) is 6.58 Å². The molecule has 0 N–H and O–H groups in total. The third-order valence-electron chi connectivity index (χ3n) is 0.710. The van der Waals surface area contributed by atoms with Gasteiger partial charge in [-0.2, -0.15) is 12.8 Å². The van der Waals surface area contributed by atoms with E-state index in [4.69, 9.17) is 0 Å². The molecule has 0 bridgehead atoms. The second-order valence-corrected chi connectivity index (χ2v) is 1.24. The van der Waals surface area contributed by atoms with Crippen LogP contribution in [0, 0.1) is 6.20 Å². The number of amides is 1. The molecule has 0 saturated heterocycles. The van der Waals surface area contributed by atoms with Crippen LogP contribution in [-0.4, -0.2) is 17.9 Å². The van der Waals surface area contributed by atoms with Gasteiger partial charge in [-0.15, -0.1) is 0 Å². The summed E-state index contributed by atoms with van der Waals surface area (Å²) in [6, 6.07) is 0. The van der Waals surface area contributed by atoms with Crippen LogP contribution in [-0.2, 0) is 25.2 Å². The molecule has 2 nitrogen and oxygen atoms in total. The normalized spacial score (nSPS) is 6.75. The maximum absolute atomic E-state index is 10.2. The van der Waals surface area contributed by atoms with Gasteiger partial charge < -0.3 is 9.69 Å². The number of nitrogens with zero attached hydrogens (tertiary/aromatic N) is 1. The van der Waals surface area contributed by atoms with Crippen LogP contribution in [0.5, 0.6) is 0 Å². The van der Waals surface area contributed by atoms with Crippen molar-refractivity contribution in [3.8, 4) is 0 Å². The van der Waals surface area contributed by atoms with Crippen LogP contribution >= 0.6 is 0 Å². The van der Waals surface area contributed by atoms with E-state index in [1.807, 2.05) is 0 Å². The van der Waals surface area contributed by atoms with Crippen LogP contribution in [0.2, 0.25) is 0 Å². The van der Waals surface area contributed by atoms with E-state index < -0.39 is 0 Å². The van der Waals surface area contributed by atoms with Crippen molar-refractivity contribution in [2.45, 2.75) is 6.92 Å². The Morgan fingerprint density at radius 1 is 1.75 bits per heavy atom. The second-order valence-electron chi connectivity index (χ2n) is 1.24. The number of carbonyl (C=O) groups is 1. The van der Waals surface area contributed by atoms with Gasteiger partial charge in [0.25, 0.3) is 0 Å². The van der Waals surface area contributed by atoms with Gasteiger partial charge in [-0.05, 0) is 7.05 Å². The van der Waals surface area contributed by atoms with Gasteiger partial charge in [0, 0.05) is 20.4 Å². The molecule has 0 rings (SSSR count). The molecule has 3 heteroatoms. The number of rotatable bonds is 1. The Hall–Kier alpha value is -0.128. The van der Waals surface area contributed by atoms with Crippen molar-refractivity contribution in [3.05, 3.63) is 12.8 Å². The smallest absolute Gasteiger partial charge is 0.0672 e. The molecular weight excluding hydrogens is 276 g/mol. The molecule has 0 fully saturated rings. The molecular formula is C5H8NORe-. The fourth-order valence-electron chi connectivity index (χ4n) is 0.111. The maximum Gasteiger partial charge on any atom is 0.0672 e. The summed E-state index contributed by atoms with van der Waals surface area (Å²) >= 11 is 0. The Morgan fingerprint density at radius 3 is 2.12 bits per heavy atom. The van der Waals surface area contributed by atoms with Crippen LogP contribution in [0.1, 0.15) is 6.92 Å². The maximum atomic E-state index is 10.2. The van der Waals surface area contributed by atoms with E-state index in [9.17, 15) is 4.79 Å². The standard InChI is InChI=1S/C5H8NO.Re/c1-4-6(3)5(2)7;/h1H2,2-3H3;/q-1;. The summed E-state index contributed by atoms with van der Waals surface area (Å²) in [6.45, 7) is 4.72. The van der Waals surface area contributed by atoms with E-state index in [-0.39, 0.29) is 26.3 Å². The van der Waals surface area contributed by atoms with E-state index >= 15 is 0 Å². The van der Waals surface area contributed by atoms with E-state index in [2.05, 4.69) is 12.8 Å². The molecule has 0 spiro atoms. The van der Waals surface area contributed by atoms with Crippen LogP contribution in [0.3, 0.4) is 0 Å². The van der Waals surface area contributed by atoms with Crippen molar-refractivity contribution < 1.29 is 25.2 Å². The molecule has 0 aromatic heterocycles. The van der Waals surface area contributed by atoms with E-state index in [1.165, 1.54) is 11.8 Å². The Balaban J connectivity index is 0. The van der Waals surface area contributed by atoms with Gasteiger partial charge in [-0.25, -0.2) is 0 Å². The van der Waals surface area contributed by atoms with E-state index in [1.54, 1.807) is 7.05 Å². The molecule has 0 unspecified atom stereocenters. The first-order chi connectivity index (χ1) is 3.18. The molecule has 47 valence electrons. The average molecular weight is 284 g/mol. The van der Waals surface area contributed by atoms with Crippen molar-refractivity contribution >= 4 is 5.91 Å². The zero-order valence-electron chi connectivity index (χ0n) is 4.94. The Labute approximate surface area is 63.2 Å². The van der Waals surface area contributed by atoms with Gasteiger partial charge in [0.15, 0.2) is 0 Å². The summed E-state index contributed by atoms with van der Waals surface area (Å²) in [5.41, 5.74) is 0. The molecule has 0 aliphatic rings. The van der Waals surface area contributed by atoms with Crippen molar-refractivity contribution in [1.29, 1.82) is 0 Å². The Morgan fingerprint density at radius 2 is 2.12 bits per heavy atom. The first-order valence-corrected chi connectivity index (χ1v) is 1.95. The quantitative estimate of drug-likeness (QED) is 0.504. The number of carbonyl (C=O) groups excluding carboxylic acids is 1. The second kappa shape index (κ2) is 5.02. The summed E-state index contributed by atoms with van der Waals surface area (Å²) in [4.78, 5) is 11.5. The summed E-state index contributed by atoms with van der Waals surface area (Å²) in [6.07, 6.45) is 2.40. The van der Waals surface area contributed by atoms with Crippen LogP contribution in [0.25, 0.3) is 0 Å². The van der Waals surface area contributed by atoms with Gasteiger partial charge in [-0.1, -0.05) is 6.92 Å². The zero-order chi connectivity index (χ0) is 5.86. The van der Waals surface area contributed by atoms with Crippen molar-refractivity contribution in [3.63, 3.8) is 0 Å². The largest absolute Gasteiger partial charge is 0.486 e. The molecule has 0 atom stereocenters. The van der Waals surface area contributed by atoms with E-state index in [0.717, 1.165) is 0 Å². The molecule has 8 heavy (non-hydrogen) atoms. The van der Waals surface area contributed by atoms with Gasteiger partial charge >= 0.3 is 0 Å². The predicted octanol–water partition coefficient (Wildman–Crippen LogP) is 0.409. The molecule has 1 radical (unpaired) electrons. The summed E-state index contributed by atoms with van der Waals surface area (Å²) in [5, 5.41) is 0. The first kappa shape index (κ1) is 10.8. The first-order valence-electron chi connectivity index (χ1n) is 1.95. The van der Waals surface area contributed by atoms with Crippen molar-refractivity contribution in [1.82, 2.24) is 4.90 Å². The number of hydrogen-bond acceptors (Lipinski definition) is 1. The van der Waals surface area contributed by atoms with Crippen LogP contribution in [0.4, 0.5) is 0 Å². The average Bonchev–Trinajstić information content (AvgIpc) is 1.65. The SMILES string of the molecule is C=[C-]N(C)C(C)=O.[Re]. The fourth-order valence-corrected chi connectivity index (χ4v) is 0.111. The minimum Gasteiger partial charge on any atom is -0.486 e. The molecule has 0 heterocycles. The van der Waals surface area contributed by atoms with Gasteiger partial charge in [0.05, 0.1) is 5.91 Å². The number of hydrogen-bond donors (Lipinski definition) is 0. The monoisotopic (exact) mass is 285 g/mol. The molecule has 0 aliphatic heterocycles. The van der Waals surface area contributed by atoms with Crippen LogP contribution < -0.4 is 0 Å². The predicted molar refractivity (Wildman–Crippen MR) is 27.3 cm³/mol. The van der Waals surface area contributed by atoms with E-state index in [0.29, 0.717) is 0 Å².